The van der Waals surface area contributed by atoms with Gasteiger partial charge in [0.1, 0.15) is 13.4 Å². The lowest BCUT2D eigenvalue weighted by atomic mass is 9.88. The summed E-state index contributed by atoms with van der Waals surface area (Å²) >= 11 is 0. The Bertz CT molecular complexity index is 304. The van der Waals surface area contributed by atoms with E-state index in [0.29, 0.717) is 18.9 Å². The highest BCUT2D eigenvalue weighted by Crippen LogP contribution is 2.22. The monoisotopic (exact) mass is 284 g/mol. The van der Waals surface area contributed by atoms with E-state index in [4.69, 9.17) is 10.5 Å². The lowest BCUT2D eigenvalue weighted by Gasteiger charge is -2.30. The minimum absolute atomic E-state index is 0.425. The van der Waals surface area contributed by atoms with E-state index in [2.05, 4.69) is 12.7 Å². The molecule has 1 heterocycles. The third-order valence-electron chi connectivity index (χ3n) is 4.36. The second kappa shape index (κ2) is 8.65. The molecule has 5 nitrogen and oxygen atoms in total. The third kappa shape index (κ3) is 5.07. The molecular weight excluding hydrogens is 255 g/mol. The zero-order valence-electron chi connectivity index (χ0n) is 12.9. The number of carboxylic acids is 1. The van der Waals surface area contributed by atoms with Crippen molar-refractivity contribution in [2.24, 2.45) is 5.73 Å². The summed E-state index contributed by atoms with van der Waals surface area (Å²) in [5.74, 6) is -0.865. The molecule has 0 unspecified atom stereocenters. The van der Waals surface area contributed by atoms with Crippen LogP contribution < -0.4 is 5.73 Å². The zero-order valence-corrected chi connectivity index (χ0v) is 12.9. The van der Waals surface area contributed by atoms with Crippen LogP contribution in [0, 0.1) is 0 Å². The van der Waals surface area contributed by atoms with Crippen molar-refractivity contribution in [1.29, 1.82) is 0 Å². The van der Waals surface area contributed by atoms with Gasteiger partial charge in [0, 0.05) is 19.7 Å². The fourth-order valence-corrected chi connectivity index (χ4v) is 2.94. The number of rotatable bonds is 10. The molecule has 0 spiro atoms. The summed E-state index contributed by atoms with van der Waals surface area (Å²) in [5, 5.41) is 9.41. The minimum atomic E-state index is -1.07. The van der Waals surface area contributed by atoms with Gasteiger partial charge in [0.15, 0.2) is 0 Å². The molecule has 1 fully saturated rings. The van der Waals surface area contributed by atoms with Gasteiger partial charge in [0.2, 0.25) is 0 Å². The molecule has 0 aromatic heterocycles. The van der Waals surface area contributed by atoms with E-state index in [1.54, 1.807) is 7.11 Å². The summed E-state index contributed by atoms with van der Waals surface area (Å²) in [6, 6.07) is 0.425. The summed E-state index contributed by atoms with van der Waals surface area (Å²) in [7, 11) is 3.82. The molecule has 0 saturated carbocycles. The van der Waals surface area contributed by atoms with Crippen LogP contribution in [0.25, 0.3) is 0 Å². The smallest absolute Gasteiger partial charge is 0.323 e. The highest BCUT2D eigenvalue weighted by Gasteiger charge is 2.35. The Morgan fingerprint density at radius 2 is 2.25 bits per heavy atom. The van der Waals surface area contributed by atoms with E-state index in [1.807, 2.05) is 0 Å². The molecule has 0 aromatic carbocycles. The summed E-state index contributed by atoms with van der Waals surface area (Å²) < 4.78 is 5.23. The van der Waals surface area contributed by atoms with Gasteiger partial charge in [0.25, 0.3) is 0 Å². The van der Waals surface area contributed by atoms with Gasteiger partial charge in [0.05, 0.1) is 6.61 Å². The Labute approximate surface area is 123 Å². The molecule has 20 heavy (non-hydrogen) atoms. The van der Waals surface area contributed by atoms with Crippen LogP contribution in [-0.4, -0.2) is 62.2 Å². The van der Waals surface area contributed by atoms with E-state index in [-0.39, 0.29) is 0 Å². The number of hydrogen-bond donors (Lipinski definition) is 2. The second-order valence-corrected chi connectivity index (χ2v) is 5.96. The van der Waals surface area contributed by atoms with Gasteiger partial charge in [-0.3, -0.25) is 9.69 Å². The summed E-state index contributed by atoms with van der Waals surface area (Å²) in [6.07, 6.45) is 6.40. The lowest BCUT2D eigenvalue weighted by molar-refractivity contribution is -0.144. The van der Waals surface area contributed by atoms with E-state index >= 15 is 0 Å². The molecular formula is C14H29BN2O3. The van der Waals surface area contributed by atoms with Crippen LogP contribution in [0.2, 0.25) is 6.32 Å². The molecule has 0 aliphatic carbocycles. The summed E-state index contributed by atoms with van der Waals surface area (Å²) in [6.45, 7) is 2.50. The molecule has 0 bridgehead atoms. The van der Waals surface area contributed by atoms with Gasteiger partial charge in [-0.25, -0.2) is 0 Å². The van der Waals surface area contributed by atoms with Gasteiger partial charge in [-0.15, -0.1) is 0 Å². The SMILES string of the molecule is BCCCC[C@@](N)(CCN1CCC[C@@H]1COC)C(=O)O. The summed E-state index contributed by atoms with van der Waals surface area (Å²) in [4.78, 5) is 13.8. The van der Waals surface area contributed by atoms with E-state index in [1.165, 1.54) is 0 Å². The predicted molar refractivity (Wildman–Crippen MR) is 82.8 cm³/mol. The van der Waals surface area contributed by atoms with Crippen LogP contribution in [0.4, 0.5) is 0 Å². The molecule has 6 heteroatoms. The van der Waals surface area contributed by atoms with Gasteiger partial charge >= 0.3 is 5.97 Å². The normalized spacial score (nSPS) is 22.8. The number of ether oxygens (including phenoxy) is 1. The summed E-state index contributed by atoms with van der Waals surface area (Å²) in [5.41, 5.74) is 5.05. The minimum Gasteiger partial charge on any atom is -0.480 e. The first-order chi connectivity index (χ1) is 9.53. The Morgan fingerprint density at radius 3 is 2.85 bits per heavy atom. The van der Waals surface area contributed by atoms with Crippen molar-refractivity contribution >= 4 is 13.8 Å². The van der Waals surface area contributed by atoms with Crippen molar-refractivity contribution in [3.8, 4) is 0 Å². The van der Waals surface area contributed by atoms with Crippen LogP contribution in [0.3, 0.4) is 0 Å². The number of methoxy groups -OCH3 is 1. The Kier molecular flexibility index (Phi) is 7.55. The standard InChI is InChI=1S/C14H29BN2O3/c1-20-11-12-5-4-9-17(12)10-7-14(16,13(18)19)6-2-3-8-15/h12H,2-11,15-16H2,1H3,(H,18,19)/t12-,14-/m1/s1. The molecule has 0 amide bonds. The Morgan fingerprint density at radius 1 is 1.50 bits per heavy atom. The van der Waals surface area contributed by atoms with Gasteiger partial charge in [-0.05, 0) is 32.2 Å². The molecule has 1 aliphatic heterocycles. The predicted octanol–water partition coefficient (Wildman–Crippen LogP) is 0.491. The molecule has 1 aliphatic rings. The number of carbonyl (C=O) groups is 1. The average molecular weight is 284 g/mol. The van der Waals surface area contributed by atoms with Crippen molar-refractivity contribution in [2.75, 3.05) is 26.8 Å². The number of likely N-dealkylation sites (tertiary alicyclic amines) is 1. The number of carboxylic acid groups (broad SMARTS) is 1. The number of aliphatic carboxylic acids is 1. The largest absolute Gasteiger partial charge is 0.480 e. The third-order valence-corrected chi connectivity index (χ3v) is 4.36. The van der Waals surface area contributed by atoms with E-state index < -0.39 is 11.5 Å². The van der Waals surface area contributed by atoms with Gasteiger partial charge in [-0.2, -0.15) is 0 Å². The van der Waals surface area contributed by atoms with Gasteiger partial charge in [-0.1, -0.05) is 19.2 Å². The van der Waals surface area contributed by atoms with Crippen LogP contribution in [-0.2, 0) is 9.53 Å². The lowest BCUT2D eigenvalue weighted by Crippen LogP contribution is -2.50. The first-order valence-electron chi connectivity index (χ1n) is 7.78. The highest BCUT2D eigenvalue weighted by atomic mass is 16.5. The van der Waals surface area contributed by atoms with Crippen molar-refractivity contribution < 1.29 is 14.6 Å². The Hall–Kier alpha value is -0.585. The number of nitrogens with zero attached hydrogens (tertiary/aromatic N) is 1. The zero-order chi connectivity index (χ0) is 15.0. The quantitative estimate of drug-likeness (QED) is 0.451. The molecule has 0 radical (unpaired) electrons. The Balaban J connectivity index is 2.47. The first-order valence-corrected chi connectivity index (χ1v) is 7.78. The van der Waals surface area contributed by atoms with Crippen molar-refractivity contribution in [3.63, 3.8) is 0 Å². The highest BCUT2D eigenvalue weighted by molar-refractivity contribution is 6.08. The maximum absolute atomic E-state index is 11.5. The van der Waals surface area contributed by atoms with Crippen LogP contribution >= 0.6 is 0 Å². The van der Waals surface area contributed by atoms with Crippen LogP contribution in [0.5, 0.6) is 0 Å². The fourth-order valence-electron chi connectivity index (χ4n) is 2.94. The second-order valence-electron chi connectivity index (χ2n) is 5.96. The van der Waals surface area contributed by atoms with Crippen LogP contribution in [0.1, 0.15) is 38.5 Å². The van der Waals surface area contributed by atoms with Crippen molar-refractivity contribution in [1.82, 2.24) is 4.90 Å². The van der Waals surface area contributed by atoms with Crippen molar-refractivity contribution in [2.45, 2.75) is 56.4 Å². The molecule has 2 atom stereocenters. The van der Waals surface area contributed by atoms with Crippen molar-refractivity contribution in [3.05, 3.63) is 0 Å². The molecule has 0 aromatic rings. The van der Waals surface area contributed by atoms with E-state index in [0.717, 1.165) is 51.7 Å². The van der Waals surface area contributed by atoms with Gasteiger partial charge < -0.3 is 15.6 Å². The fraction of sp³-hybridized carbons (Fsp3) is 0.929. The molecule has 3 N–H and O–H groups in total. The van der Waals surface area contributed by atoms with Crippen LogP contribution in [0.15, 0.2) is 0 Å². The number of unbranched alkanes of at least 4 members (excludes halogenated alkanes) is 1. The molecule has 1 saturated heterocycles. The average Bonchev–Trinajstić information content (AvgIpc) is 2.84. The first kappa shape index (κ1) is 17.5. The molecule has 116 valence electrons. The number of hydrogen-bond acceptors (Lipinski definition) is 4. The van der Waals surface area contributed by atoms with E-state index in [9.17, 15) is 9.90 Å². The number of nitrogens with two attached hydrogens (primary N) is 1. The maximum Gasteiger partial charge on any atom is 0.323 e. The maximum atomic E-state index is 11.5. The molecule has 1 rings (SSSR count). The topological polar surface area (TPSA) is 75.8 Å².